The van der Waals surface area contributed by atoms with Crippen molar-refractivity contribution in [1.82, 2.24) is 9.55 Å². The van der Waals surface area contributed by atoms with Crippen LogP contribution in [0.4, 0.5) is 14.5 Å². The van der Waals surface area contributed by atoms with E-state index in [9.17, 15) is 22.0 Å². The first-order valence-corrected chi connectivity index (χ1v) is 17.6. The molecule has 46 heavy (non-hydrogen) atoms. The number of thioether (sulfide) groups is 1. The Labute approximate surface area is 267 Å². The van der Waals surface area contributed by atoms with Gasteiger partial charge in [-0.25, -0.2) is 22.2 Å². The zero-order chi connectivity index (χ0) is 32.5. The highest BCUT2D eigenvalue weighted by Crippen LogP contribution is 2.44. The molecule has 1 atom stereocenters. The number of nitrogens with zero attached hydrogens (tertiary/aromatic N) is 3. The Morgan fingerprint density at radius 3 is 2.54 bits per heavy atom. The van der Waals surface area contributed by atoms with Gasteiger partial charge in [-0.1, -0.05) is 12.1 Å². The van der Waals surface area contributed by atoms with Crippen LogP contribution in [0.1, 0.15) is 22.0 Å². The number of furan rings is 1. The van der Waals surface area contributed by atoms with Crippen molar-refractivity contribution in [2.24, 2.45) is 5.73 Å². The van der Waals surface area contributed by atoms with Gasteiger partial charge in [0, 0.05) is 46.8 Å². The molecule has 0 saturated heterocycles. The quantitative estimate of drug-likeness (QED) is 0.198. The number of hydrogen-bond acceptors (Lipinski definition) is 6. The Morgan fingerprint density at radius 1 is 1.09 bits per heavy atom. The van der Waals surface area contributed by atoms with Crippen molar-refractivity contribution in [3.63, 3.8) is 0 Å². The molecule has 4 heterocycles. The number of nitrogens with two attached hydrogens (primary N) is 1. The van der Waals surface area contributed by atoms with E-state index in [1.54, 1.807) is 23.9 Å². The van der Waals surface area contributed by atoms with Crippen LogP contribution in [0, 0.1) is 11.6 Å². The van der Waals surface area contributed by atoms with Gasteiger partial charge < -0.3 is 14.7 Å². The number of carbonyl (C=O) groups is 1. The maximum atomic E-state index is 15.0. The van der Waals surface area contributed by atoms with E-state index in [4.69, 9.17) is 15.1 Å². The van der Waals surface area contributed by atoms with E-state index in [2.05, 4.69) is 4.57 Å². The van der Waals surface area contributed by atoms with Crippen molar-refractivity contribution in [3.05, 3.63) is 95.6 Å². The average Bonchev–Trinajstić information content (AvgIpc) is 3.60. The fourth-order valence-electron chi connectivity index (χ4n) is 6.31. The van der Waals surface area contributed by atoms with Crippen LogP contribution in [0.2, 0.25) is 0 Å². The molecule has 234 valence electrons. The van der Waals surface area contributed by atoms with Gasteiger partial charge in [0.1, 0.15) is 23.0 Å². The number of carbonyl (C=O) groups excluding carboxylic acids is 1. The van der Waals surface area contributed by atoms with Gasteiger partial charge >= 0.3 is 0 Å². The molecule has 0 saturated carbocycles. The lowest BCUT2D eigenvalue weighted by Crippen LogP contribution is -2.25. The topological polar surface area (TPSA) is 111 Å². The number of sulfonamides is 1. The number of pyridine rings is 1. The van der Waals surface area contributed by atoms with Crippen LogP contribution < -0.4 is 10.0 Å². The lowest BCUT2D eigenvalue weighted by molar-refractivity contribution is 0.100. The highest BCUT2D eigenvalue weighted by atomic mass is 32.2. The van der Waals surface area contributed by atoms with Gasteiger partial charge in [-0.05, 0) is 72.8 Å². The fraction of sp³-hybridized carbons (Fsp3) is 0.176. The predicted octanol–water partition coefficient (Wildman–Crippen LogP) is 7.02. The Bertz CT molecular complexity index is 2310. The Morgan fingerprint density at radius 2 is 1.85 bits per heavy atom. The smallest absolute Gasteiger partial charge is 0.253 e. The molecule has 8 nitrogen and oxygen atoms in total. The number of benzene rings is 3. The monoisotopic (exact) mass is 658 g/mol. The van der Waals surface area contributed by atoms with Crippen LogP contribution in [-0.4, -0.2) is 49.2 Å². The van der Waals surface area contributed by atoms with Gasteiger partial charge in [0.15, 0.2) is 0 Å². The van der Waals surface area contributed by atoms with E-state index >= 15 is 0 Å². The minimum Gasteiger partial charge on any atom is -0.455 e. The highest BCUT2D eigenvalue weighted by molar-refractivity contribution is 7.98. The van der Waals surface area contributed by atoms with E-state index in [0.29, 0.717) is 39.7 Å². The summed E-state index contributed by atoms with van der Waals surface area (Å²) in [5.74, 6) is -0.588. The number of amides is 1. The minimum absolute atomic E-state index is 0.0740. The number of anilines is 1. The molecule has 1 aliphatic heterocycles. The van der Waals surface area contributed by atoms with E-state index in [1.807, 2.05) is 30.5 Å². The summed E-state index contributed by atoms with van der Waals surface area (Å²) in [6.45, 7) is 0. The largest absolute Gasteiger partial charge is 0.455 e. The van der Waals surface area contributed by atoms with Gasteiger partial charge in [-0.3, -0.25) is 9.10 Å². The molecule has 0 aliphatic carbocycles. The number of hydrogen-bond donors (Lipinski definition) is 1. The first-order chi connectivity index (χ1) is 22.0. The van der Waals surface area contributed by atoms with Crippen molar-refractivity contribution >= 4 is 55.3 Å². The molecule has 6 aromatic rings. The summed E-state index contributed by atoms with van der Waals surface area (Å²) in [4.78, 5) is 17.9. The van der Waals surface area contributed by atoms with Crippen LogP contribution in [-0.2, 0) is 16.4 Å². The fourth-order valence-corrected chi connectivity index (χ4v) is 7.47. The van der Waals surface area contributed by atoms with Crippen molar-refractivity contribution in [2.75, 3.05) is 29.6 Å². The highest BCUT2D eigenvalue weighted by Gasteiger charge is 2.30. The molecule has 0 spiro atoms. The van der Waals surface area contributed by atoms with Gasteiger partial charge in [-0.2, -0.15) is 11.8 Å². The molecule has 0 bridgehead atoms. The van der Waals surface area contributed by atoms with Crippen molar-refractivity contribution in [1.29, 1.82) is 0 Å². The summed E-state index contributed by atoms with van der Waals surface area (Å²) >= 11 is 1.71. The van der Waals surface area contributed by atoms with Crippen LogP contribution in [0.3, 0.4) is 0 Å². The van der Waals surface area contributed by atoms with Crippen LogP contribution in [0.5, 0.6) is 0 Å². The summed E-state index contributed by atoms with van der Waals surface area (Å²) < 4.78 is 63.7. The first kappa shape index (κ1) is 30.0. The Hall–Kier alpha value is -4.68. The van der Waals surface area contributed by atoms with Gasteiger partial charge in [0.05, 0.1) is 40.1 Å². The number of aromatic nitrogens is 2. The molecule has 7 rings (SSSR count). The first-order valence-electron chi connectivity index (χ1n) is 14.4. The Balaban J connectivity index is 1.49. The van der Waals surface area contributed by atoms with E-state index in [-0.39, 0.29) is 34.5 Å². The van der Waals surface area contributed by atoms with E-state index < -0.39 is 21.7 Å². The van der Waals surface area contributed by atoms with Gasteiger partial charge in [0.25, 0.3) is 5.91 Å². The number of rotatable bonds is 7. The maximum Gasteiger partial charge on any atom is 0.253 e. The van der Waals surface area contributed by atoms with Gasteiger partial charge in [-0.15, -0.1) is 0 Å². The molecule has 0 fully saturated rings. The maximum absolute atomic E-state index is 15.0. The summed E-state index contributed by atoms with van der Waals surface area (Å²) in [6, 6.07) is 19.3. The molecular formula is C34H28F2N4O4S2. The molecule has 1 aliphatic rings. The molecule has 1 amide bonds. The van der Waals surface area contributed by atoms with Crippen molar-refractivity contribution < 1.29 is 26.4 Å². The molecule has 3 aromatic carbocycles. The second kappa shape index (κ2) is 11.0. The summed E-state index contributed by atoms with van der Waals surface area (Å²) in [5.41, 5.74) is 10.9. The van der Waals surface area contributed by atoms with E-state index in [0.717, 1.165) is 33.1 Å². The predicted molar refractivity (Wildman–Crippen MR) is 179 cm³/mol. The van der Waals surface area contributed by atoms with Crippen LogP contribution in [0.25, 0.3) is 55.8 Å². The Kier molecular flexibility index (Phi) is 7.17. The molecule has 12 heteroatoms. The van der Waals surface area contributed by atoms with E-state index in [1.165, 1.54) is 43.4 Å². The number of primary amides is 1. The van der Waals surface area contributed by atoms with Crippen LogP contribution in [0.15, 0.2) is 77.2 Å². The normalized spacial score (nSPS) is 14.4. The molecule has 3 aromatic heterocycles. The standard InChI is InChI=1S/C34H28F2N4O4S2/c1-39(46(3,42)43)28-16-30-24(31(34(37)41)33(44-30)18-7-10-20(35)11-8-18)14-23(28)26-12-9-19-13-21(17-45-2)40-27-6-4-5-25(36)22(27)15-29(40)32(19)38-26/h4-12,14-16,21H,13,17H2,1-3H3,(H2,37,41). The third kappa shape index (κ3) is 4.83. The SMILES string of the molecule is CSCC1Cc2ccc(-c3cc4c(C(N)=O)c(-c5ccc(F)cc5)oc4cc3N(C)S(C)(=O)=O)nc2-c2cc3c(F)cccc3n21. The zero-order valence-corrected chi connectivity index (χ0v) is 26.7. The van der Waals surface area contributed by atoms with Crippen molar-refractivity contribution in [3.8, 4) is 34.0 Å². The molecule has 0 radical (unpaired) electrons. The summed E-state index contributed by atoms with van der Waals surface area (Å²) in [5, 5.41) is 0.851. The number of fused-ring (bicyclic) bond motifs is 6. The molecule has 2 N–H and O–H groups in total. The molecule has 1 unspecified atom stereocenters. The minimum atomic E-state index is -3.75. The summed E-state index contributed by atoms with van der Waals surface area (Å²) in [6.07, 6.45) is 3.80. The third-order valence-corrected chi connectivity index (χ3v) is 10.4. The second-order valence-corrected chi connectivity index (χ2v) is 14.3. The average molecular weight is 659 g/mol. The number of halogens is 2. The summed E-state index contributed by atoms with van der Waals surface area (Å²) in [7, 11) is -2.33. The van der Waals surface area contributed by atoms with Crippen LogP contribution >= 0.6 is 11.8 Å². The zero-order valence-electron chi connectivity index (χ0n) is 25.0. The lowest BCUT2D eigenvalue weighted by atomic mass is 9.96. The third-order valence-electron chi connectivity index (χ3n) is 8.50. The van der Waals surface area contributed by atoms with Crippen molar-refractivity contribution in [2.45, 2.75) is 12.5 Å². The lowest BCUT2D eigenvalue weighted by Gasteiger charge is -2.29. The molecular weight excluding hydrogens is 631 g/mol. The second-order valence-electron chi connectivity index (χ2n) is 11.4. The van der Waals surface area contributed by atoms with Gasteiger partial charge in [0.2, 0.25) is 10.0 Å².